The summed E-state index contributed by atoms with van der Waals surface area (Å²) < 4.78 is 5.43. The number of nitrogens with one attached hydrogen (secondary N) is 1. The summed E-state index contributed by atoms with van der Waals surface area (Å²) in [7, 11) is 3.86. The van der Waals surface area contributed by atoms with Gasteiger partial charge in [0.05, 0.1) is 7.11 Å². The van der Waals surface area contributed by atoms with Gasteiger partial charge in [0.25, 0.3) is 0 Å². The highest BCUT2D eigenvalue weighted by atomic mass is 16.5. The van der Waals surface area contributed by atoms with E-state index in [2.05, 4.69) is 50.2 Å². The Balaban J connectivity index is 2.67. The second-order valence-corrected chi connectivity index (χ2v) is 5.15. The van der Waals surface area contributed by atoms with Crippen LogP contribution in [0.5, 0.6) is 5.75 Å². The monoisotopic (exact) mass is 250 g/mol. The first-order valence-corrected chi connectivity index (χ1v) is 6.58. The van der Waals surface area contributed by atoms with Crippen LogP contribution in [0.25, 0.3) is 0 Å². The molecule has 1 rings (SSSR count). The molecule has 0 unspecified atom stereocenters. The number of nitrogens with zero attached hydrogens (tertiary/aromatic N) is 1. The van der Waals surface area contributed by atoms with Crippen molar-refractivity contribution in [1.29, 1.82) is 0 Å². The first kappa shape index (κ1) is 15.0. The minimum Gasteiger partial charge on any atom is -0.496 e. The van der Waals surface area contributed by atoms with E-state index in [1.54, 1.807) is 7.11 Å². The molecule has 1 aromatic rings. The standard InChI is InChI=1S/C15H26N2O/c1-6-17(4)12-11-16-15(2,3)13-9-7-8-10-14(13)18-5/h7-10,16H,6,11-12H2,1-5H3. The summed E-state index contributed by atoms with van der Waals surface area (Å²) in [4.78, 5) is 2.30. The molecule has 0 heterocycles. The molecule has 0 aliphatic carbocycles. The van der Waals surface area contributed by atoms with Crippen molar-refractivity contribution in [3.8, 4) is 5.75 Å². The molecule has 1 aromatic carbocycles. The summed E-state index contributed by atoms with van der Waals surface area (Å²) in [5.74, 6) is 0.943. The number of ether oxygens (including phenoxy) is 1. The fraction of sp³-hybridized carbons (Fsp3) is 0.600. The molecule has 0 saturated carbocycles. The van der Waals surface area contributed by atoms with E-state index < -0.39 is 0 Å². The van der Waals surface area contributed by atoms with Crippen LogP contribution in [0.4, 0.5) is 0 Å². The van der Waals surface area contributed by atoms with E-state index in [0.29, 0.717) is 0 Å². The molecule has 18 heavy (non-hydrogen) atoms. The molecule has 0 aliphatic rings. The molecule has 0 atom stereocenters. The van der Waals surface area contributed by atoms with E-state index in [0.717, 1.165) is 25.4 Å². The minimum absolute atomic E-state index is 0.0822. The Bertz CT molecular complexity index is 363. The first-order valence-electron chi connectivity index (χ1n) is 6.58. The molecule has 0 spiro atoms. The highest BCUT2D eigenvalue weighted by molar-refractivity contribution is 5.38. The minimum atomic E-state index is -0.0822. The van der Waals surface area contributed by atoms with Crippen LogP contribution < -0.4 is 10.1 Å². The van der Waals surface area contributed by atoms with Gasteiger partial charge in [0.2, 0.25) is 0 Å². The Morgan fingerprint density at radius 3 is 2.56 bits per heavy atom. The number of hydrogen-bond donors (Lipinski definition) is 1. The number of para-hydroxylation sites is 1. The van der Waals surface area contributed by atoms with Gasteiger partial charge in [-0.2, -0.15) is 0 Å². The van der Waals surface area contributed by atoms with Crippen molar-refractivity contribution in [2.24, 2.45) is 0 Å². The van der Waals surface area contributed by atoms with E-state index in [4.69, 9.17) is 4.74 Å². The Morgan fingerprint density at radius 1 is 1.28 bits per heavy atom. The maximum Gasteiger partial charge on any atom is 0.123 e. The second-order valence-electron chi connectivity index (χ2n) is 5.15. The van der Waals surface area contributed by atoms with Crippen molar-refractivity contribution in [1.82, 2.24) is 10.2 Å². The molecule has 0 radical (unpaired) electrons. The first-order chi connectivity index (χ1) is 8.51. The number of likely N-dealkylation sites (N-methyl/N-ethyl adjacent to an activating group) is 1. The van der Waals surface area contributed by atoms with Gasteiger partial charge in [-0.05, 0) is 33.5 Å². The summed E-state index contributed by atoms with van der Waals surface area (Å²) in [5, 5.41) is 3.59. The maximum absolute atomic E-state index is 5.43. The topological polar surface area (TPSA) is 24.5 Å². The van der Waals surface area contributed by atoms with Crippen molar-refractivity contribution >= 4 is 0 Å². The van der Waals surface area contributed by atoms with E-state index in [9.17, 15) is 0 Å². The van der Waals surface area contributed by atoms with E-state index in [1.165, 1.54) is 5.56 Å². The van der Waals surface area contributed by atoms with E-state index >= 15 is 0 Å². The lowest BCUT2D eigenvalue weighted by Gasteiger charge is -2.29. The number of rotatable bonds is 7. The summed E-state index contributed by atoms with van der Waals surface area (Å²) >= 11 is 0. The van der Waals surface area contributed by atoms with Crippen LogP contribution in [0.2, 0.25) is 0 Å². The van der Waals surface area contributed by atoms with Gasteiger partial charge in [-0.25, -0.2) is 0 Å². The van der Waals surface area contributed by atoms with Gasteiger partial charge in [-0.1, -0.05) is 25.1 Å². The molecule has 1 N–H and O–H groups in total. The molecule has 0 bridgehead atoms. The van der Waals surface area contributed by atoms with Gasteiger partial charge < -0.3 is 15.0 Å². The van der Waals surface area contributed by atoms with Crippen LogP contribution in [0, 0.1) is 0 Å². The molecule has 3 nitrogen and oxygen atoms in total. The zero-order valence-corrected chi connectivity index (χ0v) is 12.3. The Labute approximate surface area is 111 Å². The highest BCUT2D eigenvalue weighted by Gasteiger charge is 2.23. The maximum atomic E-state index is 5.43. The fourth-order valence-corrected chi connectivity index (χ4v) is 1.97. The van der Waals surface area contributed by atoms with Crippen LogP contribution in [-0.2, 0) is 5.54 Å². The lowest BCUT2D eigenvalue weighted by Crippen LogP contribution is -2.41. The van der Waals surface area contributed by atoms with Crippen LogP contribution in [0.3, 0.4) is 0 Å². The number of benzene rings is 1. The van der Waals surface area contributed by atoms with E-state index in [1.807, 2.05) is 12.1 Å². The molecule has 0 aliphatic heterocycles. The van der Waals surface area contributed by atoms with Gasteiger partial charge >= 0.3 is 0 Å². The largest absolute Gasteiger partial charge is 0.496 e. The zero-order valence-electron chi connectivity index (χ0n) is 12.3. The number of methoxy groups -OCH3 is 1. The van der Waals surface area contributed by atoms with Crippen molar-refractivity contribution in [2.75, 3.05) is 33.8 Å². The third-order valence-electron chi connectivity index (χ3n) is 3.38. The van der Waals surface area contributed by atoms with Crippen molar-refractivity contribution < 1.29 is 4.74 Å². The smallest absolute Gasteiger partial charge is 0.123 e. The molecular formula is C15H26N2O. The quantitative estimate of drug-likeness (QED) is 0.804. The third kappa shape index (κ3) is 4.00. The van der Waals surface area contributed by atoms with Crippen molar-refractivity contribution in [3.05, 3.63) is 29.8 Å². The second kappa shape index (κ2) is 6.76. The van der Waals surface area contributed by atoms with Crippen molar-refractivity contribution in [3.63, 3.8) is 0 Å². The summed E-state index contributed by atoms with van der Waals surface area (Å²) in [6.45, 7) is 9.65. The molecular weight excluding hydrogens is 224 g/mol. The molecule has 0 saturated heterocycles. The summed E-state index contributed by atoms with van der Waals surface area (Å²) in [6, 6.07) is 8.19. The average Bonchev–Trinajstić information content (AvgIpc) is 2.38. The highest BCUT2D eigenvalue weighted by Crippen LogP contribution is 2.28. The SMILES string of the molecule is CCN(C)CCNC(C)(C)c1ccccc1OC. The molecule has 0 fully saturated rings. The van der Waals surface area contributed by atoms with Crippen molar-refractivity contribution in [2.45, 2.75) is 26.3 Å². The number of hydrogen-bond acceptors (Lipinski definition) is 3. The van der Waals surface area contributed by atoms with Crippen LogP contribution in [-0.4, -0.2) is 38.7 Å². The van der Waals surface area contributed by atoms with E-state index in [-0.39, 0.29) is 5.54 Å². The van der Waals surface area contributed by atoms with Gasteiger partial charge in [-0.15, -0.1) is 0 Å². The summed E-state index contributed by atoms with van der Waals surface area (Å²) in [5.41, 5.74) is 1.12. The molecule has 0 amide bonds. The zero-order chi connectivity index (χ0) is 13.6. The van der Waals surface area contributed by atoms with Gasteiger partial charge in [0.1, 0.15) is 5.75 Å². The van der Waals surface area contributed by atoms with Crippen LogP contribution in [0.1, 0.15) is 26.3 Å². The van der Waals surface area contributed by atoms with Gasteiger partial charge in [0, 0.05) is 24.2 Å². The predicted molar refractivity (Wildman–Crippen MR) is 77.2 cm³/mol. The fourth-order valence-electron chi connectivity index (χ4n) is 1.97. The van der Waals surface area contributed by atoms with Gasteiger partial charge in [0.15, 0.2) is 0 Å². The molecule has 3 heteroatoms. The average molecular weight is 250 g/mol. The lowest BCUT2D eigenvalue weighted by molar-refractivity contribution is 0.308. The van der Waals surface area contributed by atoms with Gasteiger partial charge in [-0.3, -0.25) is 0 Å². The summed E-state index contributed by atoms with van der Waals surface area (Å²) in [6.07, 6.45) is 0. The molecule has 102 valence electrons. The normalized spacial score (nSPS) is 11.9. The molecule has 0 aromatic heterocycles. The Hall–Kier alpha value is -1.06. The Morgan fingerprint density at radius 2 is 1.94 bits per heavy atom. The van der Waals surface area contributed by atoms with Crippen LogP contribution >= 0.6 is 0 Å². The lowest BCUT2D eigenvalue weighted by atomic mass is 9.93. The third-order valence-corrected chi connectivity index (χ3v) is 3.38. The Kier molecular flexibility index (Phi) is 5.63. The predicted octanol–water partition coefficient (Wildman–Crippen LogP) is 2.47. The van der Waals surface area contributed by atoms with Crippen LogP contribution in [0.15, 0.2) is 24.3 Å².